The van der Waals surface area contributed by atoms with Crippen molar-refractivity contribution < 1.29 is 28.8 Å². The number of nitrogens with zero attached hydrogens (tertiary/aromatic N) is 5. The van der Waals surface area contributed by atoms with Crippen molar-refractivity contribution >= 4 is 23.6 Å². The van der Waals surface area contributed by atoms with E-state index in [1.165, 1.54) is 4.90 Å². The van der Waals surface area contributed by atoms with E-state index < -0.39 is 11.7 Å². The summed E-state index contributed by atoms with van der Waals surface area (Å²) in [6.07, 6.45) is 2.89. The molecule has 3 aromatic rings. The number of amides is 3. The zero-order chi connectivity index (χ0) is 33.3. The maximum absolute atomic E-state index is 14.0. The van der Waals surface area contributed by atoms with Crippen LogP contribution in [0.25, 0.3) is 11.1 Å². The molecule has 1 aliphatic carbocycles. The van der Waals surface area contributed by atoms with Crippen LogP contribution in [0, 0.1) is 19.8 Å². The van der Waals surface area contributed by atoms with Crippen LogP contribution in [-0.2, 0) is 16.1 Å². The van der Waals surface area contributed by atoms with E-state index in [9.17, 15) is 19.5 Å². The number of rotatable bonds is 9. The summed E-state index contributed by atoms with van der Waals surface area (Å²) in [7, 11) is 0. The van der Waals surface area contributed by atoms with Gasteiger partial charge >= 0.3 is 6.09 Å². The molecule has 11 nitrogen and oxygen atoms in total. The third-order valence-corrected chi connectivity index (χ3v) is 9.58. The molecule has 0 bridgehead atoms. The van der Waals surface area contributed by atoms with Crippen molar-refractivity contribution in [2.45, 2.75) is 71.6 Å². The minimum absolute atomic E-state index is 0.0991. The van der Waals surface area contributed by atoms with Gasteiger partial charge in [-0.1, -0.05) is 35.5 Å². The van der Waals surface area contributed by atoms with E-state index in [-0.39, 0.29) is 30.8 Å². The van der Waals surface area contributed by atoms with Gasteiger partial charge in [-0.2, -0.15) is 0 Å². The summed E-state index contributed by atoms with van der Waals surface area (Å²) in [5.41, 5.74) is 3.91. The van der Waals surface area contributed by atoms with Crippen LogP contribution >= 0.6 is 0 Å². The van der Waals surface area contributed by atoms with Gasteiger partial charge in [0.2, 0.25) is 5.91 Å². The summed E-state index contributed by atoms with van der Waals surface area (Å²) in [6.45, 7) is 10.7. The summed E-state index contributed by atoms with van der Waals surface area (Å²) >= 11 is 0. The van der Waals surface area contributed by atoms with Gasteiger partial charge in [0.15, 0.2) is 5.60 Å². The average molecular weight is 644 g/mol. The number of ether oxygens (including phenoxy) is 1. The first-order valence-corrected chi connectivity index (χ1v) is 16.6. The lowest BCUT2D eigenvalue weighted by molar-refractivity contribution is -0.147. The molecule has 2 aromatic carbocycles. The maximum atomic E-state index is 14.0. The first kappa shape index (κ1) is 32.4. The molecule has 2 saturated heterocycles. The lowest BCUT2D eigenvalue weighted by atomic mass is 9.95. The van der Waals surface area contributed by atoms with Crippen LogP contribution in [0.3, 0.4) is 0 Å². The molecule has 0 radical (unpaired) electrons. The third-order valence-electron chi connectivity index (χ3n) is 9.58. The highest BCUT2D eigenvalue weighted by Crippen LogP contribution is 2.34. The normalized spacial score (nSPS) is 18.6. The molecule has 3 amide bonds. The number of anilines is 1. The highest BCUT2D eigenvalue weighted by molar-refractivity contribution is 5.85. The van der Waals surface area contributed by atoms with Gasteiger partial charge in [-0.25, -0.2) is 4.79 Å². The molecule has 47 heavy (non-hydrogen) atoms. The summed E-state index contributed by atoms with van der Waals surface area (Å²) in [4.78, 5) is 45.9. The van der Waals surface area contributed by atoms with Crippen LogP contribution < -0.4 is 9.64 Å². The van der Waals surface area contributed by atoms with E-state index in [1.807, 2.05) is 38.1 Å². The van der Waals surface area contributed by atoms with Crippen LogP contribution in [0.1, 0.15) is 56.5 Å². The van der Waals surface area contributed by atoms with E-state index in [4.69, 9.17) is 9.26 Å². The predicted molar refractivity (Wildman–Crippen MR) is 177 cm³/mol. The molecule has 6 rings (SSSR count). The van der Waals surface area contributed by atoms with Crippen molar-refractivity contribution in [3.05, 3.63) is 65.5 Å². The summed E-state index contributed by atoms with van der Waals surface area (Å²) in [6, 6.07) is 16.4. The van der Waals surface area contributed by atoms with Gasteiger partial charge in [0.25, 0.3) is 5.91 Å². The second-order valence-corrected chi connectivity index (χ2v) is 13.6. The molecule has 250 valence electrons. The third kappa shape index (κ3) is 7.24. The van der Waals surface area contributed by atoms with Gasteiger partial charge in [0.1, 0.15) is 11.5 Å². The van der Waals surface area contributed by atoms with Crippen molar-refractivity contribution in [2.75, 3.05) is 44.2 Å². The smallest absolute Gasteiger partial charge is 0.407 e. The molecule has 11 heteroatoms. The summed E-state index contributed by atoms with van der Waals surface area (Å²) in [5, 5.41) is 13.3. The fraction of sp³-hybridized carbons (Fsp3) is 0.500. The second-order valence-electron chi connectivity index (χ2n) is 13.6. The number of benzene rings is 2. The van der Waals surface area contributed by atoms with Crippen LogP contribution in [0.2, 0.25) is 0 Å². The van der Waals surface area contributed by atoms with Gasteiger partial charge in [0, 0.05) is 69.2 Å². The number of aryl methyl sites for hydroxylation is 2. The van der Waals surface area contributed by atoms with Gasteiger partial charge in [-0.05, 0) is 76.6 Å². The number of piperidine rings is 1. The summed E-state index contributed by atoms with van der Waals surface area (Å²) < 4.78 is 11.6. The van der Waals surface area contributed by atoms with E-state index >= 15 is 0 Å². The Morgan fingerprint density at radius 3 is 2.32 bits per heavy atom. The van der Waals surface area contributed by atoms with Crippen molar-refractivity contribution in [1.29, 1.82) is 0 Å². The quantitative estimate of drug-likeness (QED) is 0.332. The highest BCUT2D eigenvalue weighted by atomic mass is 16.5. The van der Waals surface area contributed by atoms with Crippen molar-refractivity contribution in [3.8, 4) is 16.9 Å². The topological polar surface area (TPSA) is 120 Å². The number of carboxylic acid groups (broad SMARTS) is 1. The summed E-state index contributed by atoms with van der Waals surface area (Å²) in [5.74, 6) is 1.33. The number of carbonyl (C=O) groups is 3. The van der Waals surface area contributed by atoms with E-state index in [2.05, 4.69) is 39.2 Å². The van der Waals surface area contributed by atoms with Crippen LogP contribution in [0.15, 0.2) is 53.1 Å². The standard InChI is InChI=1S/C36H45N5O6/c1-24-32(25(2)47-37-24)27-12-10-26(11-13-27)22-41(29-14-15-29)33(42)28-7-6-16-40(23-28)30-8-5-9-31(21-30)46-36(3,4)34(43)38-17-19-39(20-18-38)35(44)45/h5,8-13,21,28-29H,6-7,14-20,22-23H2,1-4H3,(H,44,45). The minimum Gasteiger partial charge on any atom is -0.478 e. The maximum Gasteiger partial charge on any atom is 0.407 e. The Balaban J connectivity index is 1.09. The van der Waals surface area contributed by atoms with Crippen LogP contribution in [0.4, 0.5) is 10.5 Å². The predicted octanol–water partition coefficient (Wildman–Crippen LogP) is 5.35. The monoisotopic (exact) mass is 643 g/mol. The zero-order valence-corrected chi connectivity index (χ0v) is 27.8. The largest absolute Gasteiger partial charge is 0.478 e. The molecular weight excluding hydrogens is 598 g/mol. The van der Waals surface area contributed by atoms with E-state index in [0.717, 1.165) is 66.1 Å². The lowest BCUT2D eigenvalue weighted by Crippen LogP contribution is -2.56. The fourth-order valence-electron chi connectivity index (χ4n) is 6.85. The molecule has 0 spiro atoms. The molecule has 3 heterocycles. The lowest BCUT2D eigenvalue weighted by Gasteiger charge is -2.38. The van der Waals surface area contributed by atoms with Gasteiger partial charge < -0.3 is 34.0 Å². The number of aromatic nitrogens is 1. The molecule has 1 N–H and O–H groups in total. The Kier molecular flexibility index (Phi) is 9.16. The van der Waals surface area contributed by atoms with Crippen molar-refractivity contribution in [3.63, 3.8) is 0 Å². The Morgan fingerprint density at radius 1 is 0.979 bits per heavy atom. The highest BCUT2D eigenvalue weighted by Gasteiger charge is 2.38. The molecule has 1 unspecified atom stereocenters. The Bertz CT molecular complexity index is 1590. The zero-order valence-electron chi connectivity index (χ0n) is 27.8. The van der Waals surface area contributed by atoms with Crippen LogP contribution in [-0.4, -0.2) is 93.8 Å². The molecule has 2 aliphatic heterocycles. The van der Waals surface area contributed by atoms with E-state index in [1.54, 1.807) is 18.7 Å². The molecular formula is C36H45N5O6. The second kappa shape index (κ2) is 13.3. The molecule has 1 aromatic heterocycles. The number of piperazine rings is 1. The van der Waals surface area contributed by atoms with Gasteiger partial charge in [-0.3, -0.25) is 9.59 Å². The average Bonchev–Trinajstić information content (AvgIpc) is 3.86. The van der Waals surface area contributed by atoms with Gasteiger partial charge in [-0.15, -0.1) is 0 Å². The number of hydrogen-bond donors (Lipinski definition) is 1. The first-order chi connectivity index (χ1) is 22.5. The van der Waals surface area contributed by atoms with Crippen molar-refractivity contribution in [1.82, 2.24) is 19.9 Å². The molecule has 1 saturated carbocycles. The number of hydrogen-bond acceptors (Lipinski definition) is 7. The Hall–Kier alpha value is -4.54. The number of carbonyl (C=O) groups excluding carboxylic acids is 2. The Labute approximate surface area is 276 Å². The molecule has 3 fully saturated rings. The van der Waals surface area contributed by atoms with Crippen LogP contribution in [0.5, 0.6) is 5.75 Å². The SMILES string of the molecule is Cc1noc(C)c1-c1ccc(CN(C(=O)C2CCCN(c3cccc(OC(C)(C)C(=O)N4CCN(C(=O)O)CC4)c3)C2)C2CC2)cc1. The molecule has 3 aliphatic rings. The first-order valence-electron chi connectivity index (χ1n) is 16.6. The fourth-order valence-corrected chi connectivity index (χ4v) is 6.85. The molecule has 1 atom stereocenters. The van der Waals surface area contributed by atoms with Crippen molar-refractivity contribution in [2.24, 2.45) is 5.92 Å². The van der Waals surface area contributed by atoms with E-state index in [0.29, 0.717) is 38.0 Å². The minimum atomic E-state index is -1.12. The Morgan fingerprint density at radius 2 is 1.68 bits per heavy atom. The van der Waals surface area contributed by atoms with Gasteiger partial charge in [0.05, 0.1) is 11.6 Å².